The molecule has 0 aliphatic heterocycles. The Labute approximate surface area is 218 Å². The molecule has 0 unspecified atom stereocenters. The van der Waals surface area contributed by atoms with Gasteiger partial charge in [0.25, 0.3) is 0 Å². The summed E-state index contributed by atoms with van der Waals surface area (Å²) >= 11 is 0. The molecule has 0 aliphatic carbocycles. The van der Waals surface area contributed by atoms with Crippen LogP contribution in [0.25, 0.3) is 0 Å². The monoisotopic (exact) mass is 518 g/mol. The highest BCUT2D eigenvalue weighted by Gasteiger charge is 2.46. The van der Waals surface area contributed by atoms with Crippen molar-refractivity contribution in [3.8, 4) is 0 Å². The molecule has 36 heavy (non-hydrogen) atoms. The summed E-state index contributed by atoms with van der Waals surface area (Å²) in [5.74, 6) is -1.93. The molecular formula is C29H46O6Si. The quantitative estimate of drug-likeness (QED) is 0.150. The van der Waals surface area contributed by atoms with Crippen LogP contribution in [0.5, 0.6) is 0 Å². The minimum absolute atomic E-state index is 0.0856. The van der Waals surface area contributed by atoms with E-state index in [0.29, 0.717) is 16.6 Å². The van der Waals surface area contributed by atoms with Gasteiger partial charge >= 0.3 is 5.97 Å². The van der Waals surface area contributed by atoms with Crippen LogP contribution < -0.4 is 0 Å². The van der Waals surface area contributed by atoms with Crippen LogP contribution in [-0.4, -0.2) is 37.7 Å². The molecule has 0 radical (unpaired) electrons. The van der Waals surface area contributed by atoms with Crippen LogP contribution in [0.3, 0.4) is 0 Å². The molecule has 0 saturated carbocycles. The standard InChI is InChI=1S/C29H46O6Si/c1-18(2)36(19(3)4,20(5)6)35-24(10)13-25(30)14-26(31)15-27(32)16-29(33)34-17-28-22(8)11-21(7)12-23(28)9/h11-12,18-20,24H,13-17H2,1-10H3/t24-/m0/s1. The molecule has 0 aliphatic rings. The number of hydrogen-bond acceptors (Lipinski definition) is 6. The third-order valence-electron chi connectivity index (χ3n) is 6.98. The Kier molecular flexibility index (Phi) is 12.4. The predicted octanol–water partition coefficient (Wildman–Crippen LogP) is 6.50. The third-order valence-corrected chi connectivity index (χ3v) is 13.2. The second-order valence-electron chi connectivity index (χ2n) is 11.1. The van der Waals surface area contributed by atoms with Crippen molar-refractivity contribution in [2.24, 2.45) is 0 Å². The van der Waals surface area contributed by atoms with Gasteiger partial charge in [-0.25, -0.2) is 0 Å². The van der Waals surface area contributed by atoms with Crippen molar-refractivity contribution in [2.75, 3.05) is 0 Å². The normalized spacial score (nSPS) is 12.8. The van der Waals surface area contributed by atoms with E-state index >= 15 is 0 Å². The van der Waals surface area contributed by atoms with Gasteiger partial charge in [0.2, 0.25) is 8.32 Å². The first-order chi connectivity index (χ1) is 16.6. The maximum Gasteiger partial charge on any atom is 0.313 e. The Morgan fingerprint density at radius 1 is 0.722 bits per heavy atom. The molecule has 0 heterocycles. The number of benzene rings is 1. The molecule has 202 valence electrons. The van der Waals surface area contributed by atoms with Gasteiger partial charge in [-0.1, -0.05) is 59.2 Å². The summed E-state index contributed by atoms with van der Waals surface area (Å²) < 4.78 is 11.8. The highest BCUT2D eigenvalue weighted by molar-refractivity contribution is 6.77. The van der Waals surface area contributed by atoms with E-state index in [2.05, 4.69) is 41.5 Å². The number of rotatable bonds is 15. The maximum atomic E-state index is 12.5. The molecule has 7 heteroatoms. The van der Waals surface area contributed by atoms with Crippen LogP contribution in [0.4, 0.5) is 0 Å². The first-order valence-corrected chi connectivity index (χ1v) is 15.2. The van der Waals surface area contributed by atoms with Crippen LogP contribution in [-0.2, 0) is 34.9 Å². The second-order valence-corrected chi connectivity index (χ2v) is 16.5. The largest absolute Gasteiger partial charge is 0.460 e. The Hall–Kier alpha value is -2.12. The topological polar surface area (TPSA) is 86.7 Å². The molecule has 0 saturated heterocycles. The lowest BCUT2D eigenvalue weighted by atomic mass is 10.0. The highest BCUT2D eigenvalue weighted by Crippen LogP contribution is 2.43. The van der Waals surface area contributed by atoms with Crippen LogP contribution >= 0.6 is 0 Å². The fourth-order valence-corrected chi connectivity index (χ4v) is 11.2. The van der Waals surface area contributed by atoms with Gasteiger partial charge < -0.3 is 9.16 Å². The van der Waals surface area contributed by atoms with E-state index in [1.807, 2.05) is 39.8 Å². The van der Waals surface area contributed by atoms with Crippen LogP contribution in [0, 0.1) is 20.8 Å². The number of Topliss-reactive ketones (excluding diaryl/α,β-unsaturated/α-hetero) is 3. The number of ketones is 3. The lowest BCUT2D eigenvalue weighted by Gasteiger charge is -2.44. The van der Waals surface area contributed by atoms with Gasteiger partial charge in [-0.15, -0.1) is 0 Å². The minimum Gasteiger partial charge on any atom is -0.460 e. The van der Waals surface area contributed by atoms with E-state index in [1.54, 1.807) is 0 Å². The summed E-state index contributed by atoms with van der Waals surface area (Å²) in [6.45, 7) is 21.0. The zero-order chi connectivity index (χ0) is 27.8. The smallest absolute Gasteiger partial charge is 0.313 e. The lowest BCUT2D eigenvalue weighted by Crippen LogP contribution is -2.50. The van der Waals surface area contributed by atoms with E-state index < -0.39 is 38.7 Å². The van der Waals surface area contributed by atoms with Crippen molar-refractivity contribution in [3.05, 3.63) is 34.4 Å². The second kappa shape index (κ2) is 14.0. The van der Waals surface area contributed by atoms with Crippen molar-refractivity contribution in [3.63, 3.8) is 0 Å². The predicted molar refractivity (Wildman–Crippen MR) is 146 cm³/mol. The molecule has 1 atom stereocenters. The fraction of sp³-hybridized carbons (Fsp3) is 0.655. The SMILES string of the molecule is Cc1cc(C)c(COC(=O)CC(=O)CC(=O)CC(=O)C[C@H](C)O[Si](C(C)C)(C(C)C)C(C)C)c(C)c1. The van der Waals surface area contributed by atoms with E-state index in [4.69, 9.17) is 9.16 Å². The molecule has 1 aromatic carbocycles. The Morgan fingerprint density at radius 2 is 1.17 bits per heavy atom. The first-order valence-electron chi connectivity index (χ1n) is 13.0. The molecule has 0 amide bonds. The molecule has 1 rings (SSSR count). The van der Waals surface area contributed by atoms with E-state index in [1.165, 1.54) is 0 Å². The Morgan fingerprint density at radius 3 is 1.64 bits per heavy atom. The number of carbonyl (C=O) groups is 4. The number of esters is 1. The van der Waals surface area contributed by atoms with Gasteiger partial charge in [0, 0.05) is 12.5 Å². The Balaban J connectivity index is 2.55. The molecule has 0 spiro atoms. The molecule has 0 bridgehead atoms. The van der Waals surface area contributed by atoms with E-state index in [9.17, 15) is 19.2 Å². The summed E-state index contributed by atoms with van der Waals surface area (Å²) in [5.41, 5.74) is 5.28. The highest BCUT2D eigenvalue weighted by atomic mass is 28.4. The first kappa shape index (κ1) is 31.9. The number of aryl methyl sites for hydroxylation is 3. The zero-order valence-electron chi connectivity index (χ0n) is 23.9. The van der Waals surface area contributed by atoms with Crippen molar-refractivity contribution in [2.45, 2.75) is 124 Å². The molecular weight excluding hydrogens is 472 g/mol. The van der Waals surface area contributed by atoms with Crippen molar-refractivity contribution < 1.29 is 28.3 Å². The number of carbonyl (C=O) groups excluding carboxylic acids is 4. The third kappa shape index (κ3) is 9.07. The van der Waals surface area contributed by atoms with E-state index in [-0.39, 0.29) is 31.3 Å². The fourth-order valence-electron chi connectivity index (χ4n) is 5.56. The number of ether oxygens (including phenoxy) is 1. The molecule has 6 nitrogen and oxygen atoms in total. The summed E-state index contributed by atoms with van der Waals surface area (Å²) in [4.78, 5) is 49.2. The summed E-state index contributed by atoms with van der Waals surface area (Å²) in [7, 11) is -2.13. The van der Waals surface area contributed by atoms with Crippen molar-refractivity contribution >= 4 is 31.6 Å². The Bertz CT molecular complexity index is 902. The average Bonchev–Trinajstić information content (AvgIpc) is 2.69. The molecule has 0 N–H and O–H groups in total. The molecule has 1 aromatic rings. The lowest BCUT2D eigenvalue weighted by molar-refractivity contribution is -0.147. The van der Waals surface area contributed by atoms with Gasteiger partial charge in [0.05, 0.1) is 12.8 Å². The van der Waals surface area contributed by atoms with Gasteiger partial charge in [-0.05, 0) is 61.0 Å². The summed E-state index contributed by atoms with van der Waals surface area (Å²) in [5, 5.41) is 0. The summed E-state index contributed by atoms with van der Waals surface area (Å²) in [6.07, 6.45) is -1.40. The molecule has 0 aromatic heterocycles. The number of hydrogen-bond donors (Lipinski definition) is 0. The zero-order valence-corrected chi connectivity index (χ0v) is 24.9. The van der Waals surface area contributed by atoms with E-state index in [0.717, 1.165) is 22.3 Å². The van der Waals surface area contributed by atoms with Crippen LogP contribution in [0.1, 0.15) is 96.4 Å². The van der Waals surface area contributed by atoms with Crippen LogP contribution in [0.15, 0.2) is 12.1 Å². The average molecular weight is 519 g/mol. The van der Waals surface area contributed by atoms with Crippen LogP contribution in [0.2, 0.25) is 16.6 Å². The van der Waals surface area contributed by atoms with Gasteiger partial charge in [-0.2, -0.15) is 0 Å². The van der Waals surface area contributed by atoms with Gasteiger partial charge in [-0.3, -0.25) is 19.2 Å². The van der Waals surface area contributed by atoms with Crippen molar-refractivity contribution in [1.29, 1.82) is 0 Å². The summed E-state index contributed by atoms with van der Waals surface area (Å²) in [6, 6.07) is 4.03. The minimum atomic E-state index is -2.13. The van der Waals surface area contributed by atoms with Gasteiger partial charge in [0.15, 0.2) is 5.78 Å². The van der Waals surface area contributed by atoms with Crippen molar-refractivity contribution in [1.82, 2.24) is 0 Å². The molecule has 0 fully saturated rings. The van der Waals surface area contributed by atoms with Gasteiger partial charge in [0.1, 0.15) is 24.6 Å². The maximum absolute atomic E-state index is 12.5.